The number of para-hydroxylation sites is 1. The predicted octanol–water partition coefficient (Wildman–Crippen LogP) is 7.71. The van der Waals surface area contributed by atoms with Crippen LogP contribution in [0.5, 0.6) is 17.4 Å². The average molecular weight is 818 g/mol. The van der Waals surface area contributed by atoms with Crippen LogP contribution in [0, 0.1) is 11.2 Å². The van der Waals surface area contributed by atoms with Gasteiger partial charge in [0.1, 0.15) is 28.7 Å². The molecule has 0 radical (unpaired) electrons. The van der Waals surface area contributed by atoms with Crippen LogP contribution in [0.15, 0.2) is 59.5 Å². The summed E-state index contributed by atoms with van der Waals surface area (Å²) in [5.41, 5.74) is 0.693. The zero-order valence-corrected chi connectivity index (χ0v) is 35.1. The smallest absolute Gasteiger partial charge is 0.246 e. The minimum absolute atomic E-state index is 0.0503. The third-order valence-electron chi connectivity index (χ3n) is 9.38. The van der Waals surface area contributed by atoms with Crippen molar-refractivity contribution in [1.82, 2.24) is 19.7 Å². The molecule has 0 aliphatic heterocycles. The van der Waals surface area contributed by atoms with Crippen molar-refractivity contribution in [2.45, 2.75) is 96.0 Å². The van der Waals surface area contributed by atoms with Crippen LogP contribution in [0.3, 0.4) is 0 Å². The van der Waals surface area contributed by atoms with E-state index in [0.29, 0.717) is 41.1 Å². The van der Waals surface area contributed by atoms with Crippen LogP contribution in [0.2, 0.25) is 0 Å². The highest BCUT2D eigenvalue weighted by molar-refractivity contribution is 7.92. The third kappa shape index (κ3) is 11.9. The lowest BCUT2D eigenvalue weighted by Gasteiger charge is -2.26. The van der Waals surface area contributed by atoms with E-state index in [9.17, 15) is 26.3 Å². The number of unbranched alkanes of at least 4 members (excludes halogenated alkanes) is 8. The minimum Gasteiger partial charge on any atom is -0.494 e. The Kier molecular flexibility index (Phi) is 15.7. The minimum atomic E-state index is -4.52. The summed E-state index contributed by atoms with van der Waals surface area (Å²) in [6.45, 7) is 6.74. The number of rotatable bonds is 22. The first-order chi connectivity index (χ1) is 26.5. The molecular formula is C40H56FN5O8S2. The van der Waals surface area contributed by atoms with Crippen molar-refractivity contribution in [3.63, 3.8) is 0 Å². The van der Waals surface area contributed by atoms with Crippen molar-refractivity contribution in [3.8, 4) is 34.6 Å². The summed E-state index contributed by atoms with van der Waals surface area (Å²) in [6, 6.07) is 12.9. The topological polar surface area (TPSA) is 163 Å². The summed E-state index contributed by atoms with van der Waals surface area (Å²) in [6.07, 6.45) is 9.13. The van der Waals surface area contributed by atoms with Crippen LogP contribution in [0.25, 0.3) is 17.2 Å². The standard InChI is InChI=1S/C40H56FN5O8S2/c1-40(2,3)25-15-13-11-9-8-10-12-14-16-26-45(56(50,51)28-32(47)30-24-23-29(41)27-35(30)55(7,48)49)39-44-43-38(31-19-17-22-36(42-31)54-6)46(39)37-33(52-4)20-18-21-34(37)53-5/h17-24,27,32,47H,8-16,25-26,28H2,1-7H3/t32-/m0/s1. The highest BCUT2D eigenvalue weighted by Crippen LogP contribution is 2.39. The van der Waals surface area contributed by atoms with Gasteiger partial charge in [-0.3, -0.25) is 4.57 Å². The fraction of sp³-hybridized carbons (Fsp3) is 0.525. The number of methoxy groups -OCH3 is 3. The lowest BCUT2D eigenvalue weighted by molar-refractivity contribution is 0.198. The van der Waals surface area contributed by atoms with Crippen LogP contribution in [0.1, 0.15) is 96.6 Å². The first kappa shape index (κ1) is 44.4. The predicted molar refractivity (Wildman–Crippen MR) is 215 cm³/mol. The molecule has 2 aromatic heterocycles. The van der Waals surface area contributed by atoms with Crippen molar-refractivity contribution >= 4 is 25.8 Å². The molecule has 0 amide bonds. The van der Waals surface area contributed by atoms with Crippen molar-refractivity contribution in [3.05, 3.63) is 66.0 Å². The number of anilines is 1. The van der Waals surface area contributed by atoms with E-state index < -0.39 is 42.4 Å². The fourth-order valence-corrected chi connectivity index (χ4v) is 9.00. The van der Waals surface area contributed by atoms with Gasteiger partial charge in [0.05, 0.1) is 38.1 Å². The molecule has 56 heavy (non-hydrogen) atoms. The molecule has 0 aliphatic carbocycles. The molecule has 13 nitrogen and oxygen atoms in total. The highest BCUT2D eigenvalue weighted by Gasteiger charge is 2.35. The molecule has 4 rings (SSSR count). The van der Waals surface area contributed by atoms with Gasteiger partial charge < -0.3 is 19.3 Å². The molecule has 16 heteroatoms. The molecule has 0 fully saturated rings. The maximum atomic E-state index is 14.6. The average Bonchev–Trinajstić information content (AvgIpc) is 3.57. The number of pyridine rings is 1. The van der Waals surface area contributed by atoms with E-state index in [-0.39, 0.29) is 29.8 Å². The molecule has 0 saturated heterocycles. The van der Waals surface area contributed by atoms with Gasteiger partial charge in [0.2, 0.25) is 21.9 Å². The molecule has 0 saturated carbocycles. The molecule has 0 unspecified atom stereocenters. The van der Waals surface area contributed by atoms with Gasteiger partial charge in [-0.2, -0.15) is 0 Å². The third-order valence-corrected chi connectivity index (χ3v) is 12.3. The number of sulfonamides is 1. The van der Waals surface area contributed by atoms with Crippen LogP contribution < -0.4 is 18.5 Å². The number of benzene rings is 2. The molecule has 0 aliphatic rings. The van der Waals surface area contributed by atoms with E-state index in [2.05, 4.69) is 36.0 Å². The van der Waals surface area contributed by atoms with Crippen molar-refractivity contribution in [2.24, 2.45) is 5.41 Å². The Morgan fingerprint density at radius 1 is 0.804 bits per heavy atom. The van der Waals surface area contributed by atoms with Crippen molar-refractivity contribution in [2.75, 3.05) is 44.2 Å². The van der Waals surface area contributed by atoms with E-state index in [1.165, 1.54) is 51.6 Å². The van der Waals surface area contributed by atoms with Crippen LogP contribution in [0.4, 0.5) is 10.3 Å². The van der Waals surface area contributed by atoms with Gasteiger partial charge in [-0.05, 0) is 48.6 Å². The number of aromatic nitrogens is 4. The molecule has 4 aromatic rings. The molecule has 1 atom stereocenters. The summed E-state index contributed by atoms with van der Waals surface area (Å²) >= 11 is 0. The Hall–Kier alpha value is -4.28. The number of hydrogen-bond acceptors (Lipinski definition) is 11. The van der Waals surface area contributed by atoms with Gasteiger partial charge in [0, 0.05) is 24.4 Å². The van der Waals surface area contributed by atoms with E-state index in [0.717, 1.165) is 54.4 Å². The van der Waals surface area contributed by atoms with E-state index in [1.807, 2.05) is 0 Å². The SMILES string of the molecule is COc1cccc(-c2nnc(N(CCCCCCCCCCCC(C)(C)C)S(=O)(=O)C[C@H](O)c3ccc(F)cc3S(C)(=O)=O)n2-c2c(OC)cccc2OC)n1. The number of sulfone groups is 1. The molecule has 2 aromatic carbocycles. The summed E-state index contributed by atoms with van der Waals surface area (Å²) in [7, 11) is -4.17. The van der Waals surface area contributed by atoms with Crippen LogP contribution >= 0.6 is 0 Å². The Bertz CT molecular complexity index is 2100. The second-order valence-corrected chi connectivity index (χ2v) is 19.0. The summed E-state index contributed by atoms with van der Waals surface area (Å²) in [5, 5.41) is 20.2. The lowest BCUT2D eigenvalue weighted by atomic mass is 9.89. The zero-order chi connectivity index (χ0) is 41.1. The van der Waals surface area contributed by atoms with Crippen LogP contribution in [-0.2, 0) is 19.9 Å². The van der Waals surface area contributed by atoms with Crippen LogP contribution in [-0.4, -0.2) is 81.6 Å². The van der Waals surface area contributed by atoms with Gasteiger partial charge >= 0.3 is 0 Å². The van der Waals surface area contributed by atoms with E-state index >= 15 is 0 Å². The Morgan fingerprint density at radius 3 is 1.96 bits per heavy atom. The second-order valence-electron chi connectivity index (χ2n) is 15.0. The first-order valence-corrected chi connectivity index (χ1v) is 22.4. The van der Waals surface area contributed by atoms with Gasteiger partial charge in [-0.25, -0.2) is 30.5 Å². The Labute approximate surface area is 331 Å². The fourth-order valence-electron chi connectivity index (χ4n) is 6.51. The van der Waals surface area contributed by atoms with Gasteiger partial charge in [0.15, 0.2) is 15.7 Å². The Balaban J connectivity index is 1.72. The van der Waals surface area contributed by atoms with E-state index in [1.54, 1.807) is 36.4 Å². The number of hydrogen-bond donors (Lipinski definition) is 1. The monoisotopic (exact) mass is 817 g/mol. The van der Waals surface area contributed by atoms with Gasteiger partial charge in [0.25, 0.3) is 0 Å². The normalized spacial score (nSPS) is 12.7. The van der Waals surface area contributed by atoms with Crippen molar-refractivity contribution < 1.29 is 40.5 Å². The molecule has 308 valence electrons. The first-order valence-electron chi connectivity index (χ1n) is 18.9. The van der Waals surface area contributed by atoms with Crippen molar-refractivity contribution in [1.29, 1.82) is 0 Å². The largest absolute Gasteiger partial charge is 0.494 e. The second kappa shape index (κ2) is 19.7. The number of aliphatic hydroxyl groups excluding tert-OH is 1. The quantitative estimate of drug-likeness (QED) is 0.0773. The lowest BCUT2D eigenvalue weighted by Crippen LogP contribution is -2.38. The number of nitrogens with zero attached hydrogens (tertiary/aromatic N) is 5. The number of halogens is 1. The van der Waals surface area contributed by atoms with E-state index in [4.69, 9.17) is 14.2 Å². The van der Waals surface area contributed by atoms with Gasteiger partial charge in [-0.15, -0.1) is 10.2 Å². The zero-order valence-electron chi connectivity index (χ0n) is 33.5. The summed E-state index contributed by atoms with van der Waals surface area (Å²) in [5.74, 6) is -0.879. The summed E-state index contributed by atoms with van der Waals surface area (Å²) < 4.78 is 87.9. The molecule has 0 bridgehead atoms. The maximum Gasteiger partial charge on any atom is 0.246 e. The van der Waals surface area contributed by atoms with Gasteiger partial charge in [-0.1, -0.05) is 90.3 Å². The number of aliphatic hydroxyl groups is 1. The number of ether oxygens (including phenoxy) is 3. The maximum absolute atomic E-state index is 14.6. The molecular weight excluding hydrogens is 762 g/mol. The Morgan fingerprint density at radius 2 is 1.39 bits per heavy atom. The highest BCUT2D eigenvalue weighted by atomic mass is 32.2. The molecule has 1 N–H and O–H groups in total. The molecule has 0 spiro atoms. The summed E-state index contributed by atoms with van der Waals surface area (Å²) in [4.78, 5) is 4.03. The molecule has 2 heterocycles.